The summed E-state index contributed by atoms with van der Waals surface area (Å²) < 4.78 is 27.1. The van der Waals surface area contributed by atoms with Gasteiger partial charge in [-0.05, 0) is 36.8 Å². The second-order valence-electron chi connectivity index (χ2n) is 5.56. The van der Waals surface area contributed by atoms with Crippen LogP contribution < -0.4 is 15.4 Å². The Bertz CT molecular complexity index is 1040. The Morgan fingerprint density at radius 2 is 1.85 bits per heavy atom. The highest BCUT2D eigenvalue weighted by Gasteiger charge is 2.30. The van der Waals surface area contributed by atoms with Gasteiger partial charge in [0.05, 0.1) is 28.6 Å². The number of anilines is 2. The lowest BCUT2D eigenvalue weighted by Gasteiger charge is -2.17. The van der Waals surface area contributed by atoms with Gasteiger partial charge in [0.25, 0.3) is 10.0 Å². The number of nitrogens with two attached hydrogens (primary N) is 1. The second-order valence-corrected chi connectivity index (χ2v) is 7.25. The van der Waals surface area contributed by atoms with E-state index in [1.165, 1.54) is 41.6 Å². The lowest BCUT2D eigenvalue weighted by molar-refractivity contribution is -0.116. The molecule has 132 valence electrons. The molecule has 0 saturated carbocycles. The van der Waals surface area contributed by atoms with Gasteiger partial charge in [0.15, 0.2) is 0 Å². The molecule has 26 heavy (non-hydrogen) atoms. The number of rotatable bonds is 4. The Balaban J connectivity index is 1.85. The largest absolute Gasteiger partial charge is 0.384 e. The molecule has 10 heteroatoms. The van der Waals surface area contributed by atoms with Crippen LogP contribution in [0.3, 0.4) is 0 Å². The van der Waals surface area contributed by atoms with Crippen molar-refractivity contribution in [1.29, 1.82) is 5.26 Å². The zero-order chi connectivity index (χ0) is 18.9. The number of hydrogen-bond donors (Lipinski definition) is 2. The minimum absolute atomic E-state index is 0.0277. The third kappa shape index (κ3) is 3.20. The molecule has 0 fully saturated rings. The molecule has 0 unspecified atom stereocenters. The molecule has 1 aliphatic heterocycles. The van der Waals surface area contributed by atoms with Gasteiger partial charge in [-0.2, -0.15) is 5.26 Å². The molecule has 1 aliphatic rings. The quantitative estimate of drug-likeness (QED) is 0.818. The van der Waals surface area contributed by atoms with Gasteiger partial charge in [-0.15, -0.1) is 0 Å². The zero-order valence-corrected chi connectivity index (χ0v) is 14.5. The maximum absolute atomic E-state index is 12.4. The molecular weight excluding hydrogens is 356 g/mol. The summed E-state index contributed by atoms with van der Waals surface area (Å²) in [4.78, 5) is 21.0. The highest BCUT2D eigenvalue weighted by Crippen LogP contribution is 2.28. The fourth-order valence-electron chi connectivity index (χ4n) is 2.37. The molecule has 0 aliphatic carbocycles. The molecule has 1 aromatic carbocycles. The van der Waals surface area contributed by atoms with Crippen LogP contribution in [0.5, 0.6) is 0 Å². The predicted molar refractivity (Wildman–Crippen MR) is 92.9 cm³/mol. The van der Waals surface area contributed by atoms with Gasteiger partial charge in [0.2, 0.25) is 11.9 Å². The first-order valence-electron chi connectivity index (χ1n) is 7.45. The zero-order valence-electron chi connectivity index (χ0n) is 13.7. The van der Waals surface area contributed by atoms with Crippen LogP contribution in [0.25, 0.3) is 0 Å². The van der Waals surface area contributed by atoms with Crippen LogP contribution in [0.2, 0.25) is 0 Å². The highest BCUT2D eigenvalue weighted by molar-refractivity contribution is 7.92. The molecule has 1 amide bonds. The average molecular weight is 370 g/mol. The maximum atomic E-state index is 12.4. The Morgan fingerprint density at radius 1 is 1.23 bits per heavy atom. The summed E-state index contributed by atoms with van der Waals surface area (Å²) in [6, 6.07) is 7.42. The van der Waals surface area contributed by atoms with Crippen LogP contribution in [-0.2, 0) is 14.8 Å². The van der Waals surface area contributed by atoms with E-state index in [2.05, 4.69) is 14.7 Å². The number of aryl methyl sites for hydroxylation is 1. The first-order chi connectivity index (χ1) is 12.3. The molecule has 0 atom stereocenters. The first kappa shape index (κ1) is 17.4. The number of nitriles is 1. The fraction of sp³-hybridized carbons (Fsp3) is 0.125. The SMILES string of the molecule is Cc1cnc(NS(=O)(=O)c2ccc(N3C(=O)CC(C#N)=C3N)cc2)nc1. The van der Waals surface area contributed by atoms with Gasteiger partial charge in [-0.3, -0.25) is 9.69 Å². The minimum atomic E-state index is -3.88. The predicted octanol–water partition coefficient (Wildman–Crippen LogP) is 1.02. The van der Waals surface area contributed by atoms with E-state index < -0.39 is 10.0 Å². The maximum Gasteiger partial charge on any atom is 0.264 e. The second kappa shape index (κ2) is 6.45. The number of sulfonamides is 1. The van der Waals surface area contributed by atoms with Gasteiger partial charge in [0.1, 0.15) is 5.82 Å². The van der Waals surface area contributed by atoms with E-state index in [4.69, 9.17) is 11.0 Å². The van der Waals surface area contributed by atoms with E-state index in [9.17, 15) is 13.2 Å². The number of amides is 1. The standard InChI is InChI=1S/C16H14N6O3S/c1-10-8-19-16(20-9-10)21-26(24,25)13-4-2-12(3-5-13)22-14(23)6-11(7-17)15(22)18/h2-5,8-9H,6,18H2,1H3,(H,19,20,21). The van der Waals surface area contributed by atoms with Crippen LogP contribution in [0.4, 0.5) is 11.6 Å². The van der Waals surface area contributed by atoms with Gasteiger partial charge in [-0.1, -0.05) is 0 Å². The monoisotopic (exact) mass is 370 g/mol. The van der Waals surface area contributed by atoms with E-state index in [1.54, 1.807) is 6.92 Å². The molecular formula is C16H14N6O3S. The van der Waals surface area contributed by atoms with Crippen LogP contribution in [0.1, 0.15) is 12.0 Å². The number of hydrogen-bond acceptors (Lipinski definition) is 7. The van der Waals surface area contributed by atoms with E-state index in [-0.39, 0.29) is 34.6 Å². The Labute approximate surface area is 149 Å². The number of carbonyl (C=O) groups excluding carboxylic acids is 1. The first-order valence-corrected chi connectivity index (χ1v) is 8.93. The van der Waals surface area contributed by atoms with Gasteiger partial charge < -0.3 is 5.73 Å². The van der Waals surface area contributed by atoms with Crippen molar-refractivity contribution >= 4 is 27.6 Å². The molecule has 3 rings (SSSR count). The van der Waals surface area contributed by atoms with Crippen molar-refractivity contribution in [3.63, 3.8) is 0 Å². The van der Waals surface area contributed by atoms with Crippen LogP contribution in [0.15, 0.2) is 52.9 Å². The molecule has 1 aromatic heterocycles. The lowest BCUT2D eigenvalue weighted by atomic mass is 10.2. The summed E-state index contributed by atoms with van der Waals surface area (Å²) in [5.41, 5.74) is 7.17. The van der Waals surface area contributed by atoms with Crippen molar-refractivity contribution in [1.82, 2.24) is 9.97 Å². The van der Waals surface area contributed by atoms with Gasteiger partial charge in [-0.25, -0.2) is 23.1 Å². The van der Waals surface area contributed by atoms with Crippen molar-refractivity contribution < 1.29 is 13.2 Å². The molecule has 3 N–H and O–H groups in total. The molecule has 2 aromatic rings. The van der Waals surface area contributed by atoms with E-state index in [1.807, 2.05) is 6.07 Å². The molecule has 0 spiro atoms. The summed E-state index contributed by atoms with van der Waals surface area (Å²) in [7, 11) is -3.88. The Kier molecular flexibility index (Phi) is 4.31. The normalized spacial score (nSPS) is 14.5. The molecule has 0 saturated heterocycles. The summed E-state index contributed by atoms with van der Waals surface area (Å²) in [5.74, 6) is -0.333. The average Bonchev–Trinajstić information content (AvgIpc) is 2.90. The lowest BCUT2D eigenvalue weighted by Crippen LogP contribution is -2.28. The number of carbonyl (C=O) groups is 1. The number of nitrogens with zero attached hydrogens (tertiary/aromatic N) is 4. The third-order valence-corrected chi connectivity index (χ3v) is 5.02. The van der Waals surface area contributed by atoms with Crippen LogP contribution in [0, 0.1) is 18.3 Å². The summed E-state index contributed by atoms with van der Waals surface area (Å²) >= 11 is 0. The third-order valence-electron chi connectivity index (χ3n) is 3.67. The minimum Gasteiger partial charge on any atom is -0.384 e. The van der Waals surface area contributed by atoms with Crippen molar-refractivity contribution in [2.24, 2.45) is 5.73 Å². The van der Waals surface area contributed by atoms with Crippen molar-refractivity contribution in [3.05, 3.63) is 53.6 Å². The number of aromatic nitrogens is 2. The van der Waals surface area contributed by atoms with E-state index in [0.29, 0.717) is 5.69 Å². The Morgan fingerprint density at radius 3 is 2.38 bits per heavy atom. The van der Waals surface area contributed by atoms with Crippen LogP contribution in [-0.4, -0.2) is 24.3 Å². The summed E-state index contributed by atoms with van der Waals surface area (Å²) in [6.45, 7) is 1.79. The van der Waals surface area contributed by atoms with E-state index >= 15 is 0 Å². The fourth-order valence-corrected chi connectivity index (χ4v) is 3.33. The van der Waals surface area contributed by atoms with E-state index in [0.717, 1.165) is 5.56 Å². The van der Waals surface area contributed by atoms with Crippen molar-refractivity contribution in [3.8, 4) is 6.07 Å². The summed E-state index contributed by atoms with van der Waals surface area (Å²) in [5, 5.41) is 8.96. The molecule has 2 heterocycles. The van der Waals surface area contributed by atoms with Crippen molar-refractivity contribution in [2.45, 2.75) is 18.2 Å². The molecule has 9 nitrogen and oxygen atoms in total. The van der Waals surface area contributed by atoms with Crippen molar-refractivity contribution in [2.75, 3.05) is 9.62 Å². The Hall–Kier alpha value is -3.45. The summed E-state index contributed by atoms with van der Waals surface area (Å²) in [6.07, 6.45) is 2.92. The topological polar surface area (TPSA) is 142 Å². The molecule has 0 radical (unpaired) electrons. The number of benzene rings is 1. The van der Waals surface area contributed by atoms with Gasteiger partial charge >= 0.3 is 0 Å². The smallest absolute Gasteiger partial charge is 0.264 e. The molecule has 0 bridgehead atoms. The van der Waals surface area contributed by atoms with Gasteiger partial charge in [0, 0.05) is 12.4 Å². The highest BCUT2D eigenvalue weighted by atomic mass is 32.2. The van der Waals surface area contributed by atoms with Crippen LogP contribution >= 0.6 is 0 Å². The number of nitrogens with one attached hydrogen (secondary N) is 1.